The Morgan fingerprint density at radius 2 is 2.20 bits per heavy atom. The third-order valence-electron chi connectivity index (χ3n) is 1.88. The highest BCUT2D eigenvalue weighted by Gasteiger charge is 2.05. The van der Waals surface area contributed by atoms with Crippen molar-refractivity contribution in [2.45, 2.75) is 6.92 Å². The Morgan fingerprint density at radius 1 is 1.53 bits per heavy atom. The van der Waals surface area contributed by atoms with Crippen molar-refractivity contribution in [1.82, 2.24) is 0 Å². The first-order valence-corrected chi connectivity index (χ1v) is 5.09. The second-order valence-electron chi connectivity index (χ2n) is 3.02. The van der Waals surface area contributed by atoms with Crippen molar-refractivity contribution in [3.05, 3.63) is 33.8 Å². The number of halogens is 1. The maximum Gasteiger partial charge on any atom is 0.328 e. The predicted octanol–water partition coefficient (Wildman–Crippen LogP) is 2.86. The summed E-state index contributed by atoms with van der Waals surface area (Å²) in [4.78, 5) is 10.4. The van der Waals surface area contributed by atoms with Gasteiger partial charge in [-0.25, -0.2) is 4.79 Å². The molecule has 0 spiro atoms. The smallest absolute Gasteiger partial charge is 0.328 e. The molecule has 0 saturated carbocycles. The molecule has 0 heterocycles. The molecule has 0 radical (unpaired) electrons. The van der Waals surface area contributed by atoms with Crippen LogP contribution in [-0.4, -0.2) is 18.2 Å². The van der Waals surface area contributed by atoms with Crippen LogP contribution >= 0.6 is 15.9 Å². The van der Waals surface area contributed by atoms with Crippen molar-refractivity contribution in [2.24, 2.45) is 0 Å². The van der Waals surface area contributed by atoms with Gasteiger partial charge in [0.1, 0.15) is 5.75 Å². The third kappa shape index (κ3) is 3.09. The number of hydrogen-bond acceptors (Lipinski definition) is 2. The van der Waals surface area contributed by atoms with Crippen LogP contribution in [0.2, 0.25) is 0 Å². The molecule has 1 aromatic carbocycles. The van der Waals surface area contributed by atoms with Gasteiger partial charge in [0.25, 0.3) is 0 Å². The molecule has 0 aliphatic rings. The van der Waals surface area contributed by atoms with Gasteiger partial charge in [0.2, 0.25) is 0 Å². The molecule has 4 heteroatoms. The summed E-state index contributed by atoms with van der Waals surface area (Å²) in [6.45, 7) is 1.90. The second-order valence-corrected chi connectivity index (χ2v) is 3.93. The molecule has 0 amide bonds. The van der Waals surface area contributed by atoms with Gasteiger partial charge in [0.05, 0.1) is 7.11 Å². The quantitative estimate of drug-likeness (QED) is 0.860. The SMILES string of the molecule is COc1c(C)cc(Br)cc1/C=C/C(=O)O. The van der Waals surface area contributed by atoms with E-state index in [1.807, 2.05) is 19.1 Å². The van der Waals surface area contributed by atoms with Crippen LogP contribution in [0.3, 0.4) is 0 Å². The monoisotopic (exact) mass is 270 g/mol. The van der Waals surface area contributed by atoms with Crippen LogP contribution in [0.25, 0.3) is 6.08 Å². The number of carbonyl (C=O) groups is 1. The molecule has 0 bridgehead atoms. The Bertz CT molecular complexity index is 411. The average molecular weight is 271 g/mol. The standard InChI is InChI=1S/C11H11BrO3/c1-7-5-9(12)6-8(11(7)15-2)3-4-10(13)14/h3-6H,1-2H3,(H,13,14)/b4-3+. The molecule has 0 saturated heterocycles. The zero-order valence-corrected chi connectivity index (χ0v) is 10.0. The molecule has 1 rings (SSSR count). The van der Waals surface area contributed by atoms with Crippen LogP contribution in [0.5, 0.6) is 5.75 Å². The Balaban J connectivity index is 3.20. The van der Waals surface area contributed by atoms with Crippen molar-refractivity contribution in [3.8, 4) is 5.75 Å². The van der Waals surface area contributed by atoms with Crippen LogP contribution in [-0.2, 0) is 4.79 Å². The molecule has 0 aliphatic heterocycles. The first kappa shape index (κ1) is 11.8. The summed E-state index contributed by atoms with van der Waals surface area (Å²) in [6.07, 6.45) is 2.60. The zero-order valence-electron chi connectivity index (χ0n) is 8.45. The van der Waals surface area contributed by atoms with Crippen molar-refractivity contribution in [1.29, 1.82) is 0 Å². The fourth-order valence-electron chi connectivity index (χ4n) is 1.32. The lowest BCUT2D eigenvalue weighted by atomic mass is 10.1. The highest BCUT2D eigenvalue weighted by molar-refractivity contribution is 9.10. The maximum atomic E-state index is 10.4. The van der Waals surface area contributed by atoms with Crippen LogP contribution in [0.4, 0.5) is 0 Å². The summed E-state index contributed by atoms with van der Waals surface area (Å²) >= 11 is 3.35. The number of aliphatic carboxylic acids is 1. The minimum atomic E-state index is -0.977. The van der Waals surface area contributed by atoms with E-state index in [4.69, 9.17) is 9.84 Å². The summed E-state index contributed by atoms with van der Waals surface area (Å²) in [7, 11) is 1.56. The van der Waals surface area contributed by atoms with E-state index < -0.39 is 5.97 Å². The van der Waals surface area contributed by atoms with Gasteiger partial charge in [0, 0.05) is 16.1 Å². The molecule has 0 atom stereocenters. The molecule has 3 nitrogen and oxygen atoms in total. The summed E-state index contributed by atoms with van der Waals surface area (Å²) in [5.74, 6) is -0.287. The van der Waals surface area contributed by atoms with Gasteiger partial charge in [0.15, 0.2) is 0 Å². The maximum absolute atomic E-state index is 10.4. The van der Waals surface area contributed by atoms with Crippen LogP contribution < -0.4 is 4.74 Å². The van der Waals surface area contributed by atoms with Gasteiger partial charge >= 0.3 is 5.97 Å². The fourth-order valence-corrected chi connectivity index (χ4v) is 1.91. The number of hydrogen-bond donors (Lipinski definition) is 1. The van der Waals surface area contributed by atoms with E-state index in [0.29, 0.717) is 5.75 Å². The molecule has 0 aromatic heterocycles. The largest absolute Gasteiger partial charge is 0.496 e. The van der Waals surface area contributed by atoms with Crippen molar-refractivity contribution >= 4 is 28.0 Å². The molecule has 1 N–H and O–H groups in total. The molecule has 0 unspecified atom stereocenters. The van der Waals surface area contributed by atoms with Gasteiger partial charge < -0.3 is 9.84 Å². The second kappa shape index (κ2) is 4.98. The van der Waals surface area contributed by atoms with E-state index in [1.165, 1.54) is 6.08 Å². The topological polar surface area (TPSA) is 46.5 Å². The Morgan fingerprint density at radius 3 is 2.73 bits per heavy atom. The number of ether oxygens (including phenoxy) is 1. The summed E-state index contributed by atoms with van der Waals surface area (Å²) < 4.78 is 6.09. The van der Waals surface area contributed by atoms with Crippen molar-refractivity contribution in [3.63, 3.8) is 0 Å². The average Bonchev–Trinajstić information content (AvgIpc) is 2.13. The zero-order chi connectivity index (χ0) is 11.4. The molecule has 0 fully saturated rings. The Hall–Kier alpha value is -1.29. The van der Waals surface area contributed by atoms with Crippen LogP contribution in [0.15, 0.2) is 22.7 Å². The molecule has 1 aromatic rings. The Kier molecular flexibility index (Phi) is 3.91. The highest BCUT2D eigenvalue weighted by Crippen LogP contribution is 2.28. The lowest BCUT2D eigenvalue weighted by Crippen LogP contribution is -1.92. The van der Waals surface area contributed by atoms with Crippen LogP contribution in [0.1, 0.15) is 11.1 Å². The number of aryl methyl sites for hydroxylation is 1. The van der Waals surface area contributed by atoms with E-state index >= 15 is 0 Å². The summed E-state index contributed by atoms with van der Waals surface area (Å²) in [5.41, 5.74) is 1.70. The van der Waals surface area contributed by atoms with E-state index in [9.17, 15) is 4.79 Å². The van der Waals surface area contributed by atoms with E-state index in [-0.39, 0.29) is 0 Å². The van der Waals surface area contributed by atoms with Crippen molar-refractivity contribution in [2.75, 3.05) is 7.11 Å². The van der Waals surface area contributed by atoms with Gasteiger partial charge in [-0.15, -0.1) is 0 Å². The lowest BCUT2D eigenvalue weighted by Gasteiger charge is -2.08. The number of methoxy groups -OCH3 is 1. The van der Waals surface area contributed by atoms with E-state index in [1.54, 1.807) is 7.11 Å². The molecular weight excluding hydrogens is 260 g/mol. The number of benzene rings is 1. The van der Waals surface area contributed by atoms with E-state index in [2.05, 4.69) is 15.9 Å². The lowest BCUT2D eigenvalue weighted by molar-refractivity contribution is -0.131. The molecule has 15 heavy (non-hydrogen) atoms. The summed E-state index contributed by atoms with van der Waals surface area (Å²) in [6, 6.07) is 3.72. The number of rotatable bonds is 3. The van der Waals surface area contributed by atoms with Gasteiger partial charge in [-0.2, -0.15) is 0 Å². The van der Waals surface area contributed by atoms with E-state index in [0.717, 1.165) is 21.7 Å². The molecular formula is C11H11BrO3. The minimum absolute atomic E-state index is 0.690. The predicted molar refractivity (Wildman–Crippen MR) is 62.1 cm³/mol. The van der Waals surface area contributed by atoms with Crippen LogP contribution in [0, 0.1) is 6.92 Å². The Labute approximate surface area is 96.5 Å². The highest BCUT2D eigenvalue weighted by atomic mass is 79.9. The minimum Gasteiger partial charge on any atom is -0.496 e. The normalized spacial score (nSPS) is 10.6. The third-order valence-corrected chi connectivity index (χ3v) is 2.34. The first-order chi connectivity index (χ1) is 7.04. The van der Waals surface area contributed by atoms with Gasteiger partial charge in [-0.3, -0.25) is 0 Å². The summed E-state index contributed by atoms with van der Waals surface area (Å²) in [5, 5.41) is 8.54. The first-order valence-electron chi connectivity index (χ1n) is 4.29. The fraction of sp³-hybridized carbons (Fsp3) is 0.182. The number of carboxylic acid groups (broad SMARTS) is 1. The number of carboxylic acids is 1. The molecule has 80 valence electrons. The van der Waals surface area contributed by atoms with Gasteiger partial charge in [-0.1, -0.05) is 15.9 Å². The molecule has 0 aliphatic carbocycles. The van der Waals surface area contributed by atoms with Crippen molar-refractivity contribution < 1.29 is 14.6 Å². The van der Waals surface area contributed by atoms with Gasteiger partial charge in [-0.05, 0) is 30.7 Å².